The number of hydrogen-bond acceptors (Lipinski definition) is 9. The van der Waals surface area contributed by atoms with Crippen LogP contribution in [0, 0.1) is 18.2 Å². The summed E-state index contributed by atoms with van der Waals surface area (Å²) in [7, 11) is 1.41. The van der Waals surface area contributed by atoms with Gasteiger partial charge in [0.1, 0.15) is 28.9 Å². The molecule has 4 aliphatic rings. The number of hydrogen-bond donors (Lipinski definition) is 2. The van der Waals surface area contributed by atoms with Gasteiger partial charge in [0, 0.05) is 42.2 Å². The molecule has 0 aliphatic carbocycles. The van der Waals surface area contributed by atoms with Gasteiger partial charge in [0.05, 0.1) is 18.0 Å². The zero-order valence-corrected chi connectivity index (χ0v) is 25.9. The Kier molecular flexibility index (Phi) is 7.88. The number of piperidine rings is 1. The van der Waals surface area contributed by atoms with Gasteiger partial charge in [-0.05, 0) is 82.1 Å². The zero-order valence-electron chi connectivity index (χ0n) is 25.9. The minimum atomic E-state index is -0.767. The van der Waals surface area contributed by atoms with Crippen LogP contribution >= 0.6 is 0 Å². The van der Waals surface area contributed by atoms with Crippen molar-refractivity contribution in [3.8, 4) is 23.1 Å². The van der Waals surface area contributed by atoms with Gasteiger partial charge in [-0.25, -0.2) is 13.6 Å². The summed E-state index contributed by atoms with van der Waals surface area (Å²) in [6.45, 7) is 5.39. The number of fused-ring (bicyclic) bond motifs is 3. The van der Waals surface area contributed by atoms with Gasteiger partial charge in [-0.3, -0.25) is 14.6 Å². The van der Waals surface area contributed by atoms with E-state index in [4.69, 9.17) is 9.15 Å². The van der Waals surface area contributed by atoms with E-state index in [1.54, 1.807) is 13.0 Å². The van der Waals surface area contributed by atoms with Crippen LogP contribution in [0.3, 0.4) is 0 Å². The number of methoxy groups -OCH3 is 1. The van der Waals surface area contributed by atoms with Gasteiger partial charge in [-0.1, -0.05) is 12.1 Å². The average Bonchev–Trinajstić information content (AvgIpc) is 3.72. The lowest BCUT2D eigenvalue weighted by molar-refractivity contribution is -0.126. The number of aryl methyl sites for hydroxylation is 1. The van der Waals surface area contributed by atoms with Gasteiger partial charge >= 0.3 is 11.6 Å². The molecule has 3 atom stereocenters. The predicted octanol–water partition coefficient (Wildman–Crippen LogP) is 4.86. The highest BCUT2D eigenvalue weighted by molar-refractivity contribution is 6.06. The van der Waals surface area contributed by atoms with E-state index in [0.717, 1.165) is 32.4 Å². The van der Waals surface area contributed by atoms with E-state index in [-0.39, 0.29) is 51.1 Å². The Morgan fingerprint density at radius 1 is 1.13 bits per heavy atom. The van der Waals surface area contributed by atoms with Crippen LogP contribution in [-0.2, 0) is 4.79 Å². The monoisotopic (exact) mass is 633 g/mol. The average molecular weight is 634 g/mol. The van der Waals surface area contributed by atoms with Gasteiger partial charge in [0.2, 0.25) is 5.91 Å². The SMILES string of the molecule is COc1nc(N2CCC3(CCCNC3)C2=O)c2c(=O)oc(-c3cc(O)cc4cccc(F)c34)c(C)c2n1.FC1CC2CCCN2C1. The summed E-state index contributed by atoms with van der Waals surface area (Å²) in [6, 6.07) is 7.89. The number of halogens is 2. The lowest BCUT2D eigenvalue weighted by Gasteiger charge is -2.32. The maximum atomic E-state index is 14.9. The summed E-state index contributed by atoms with van der Waals surface area (Å²) in [4.78, 5) is 39.7. The first-order valence-corrected chi connectivity index (χ1v) is 15.9. The second-order valence-electron chi connectivity index (χ2n) is 12.8. The summed E-state index contributed by atoms with van der Waals surface area (Å²) in [5.74, 6) is -0.514. The number of nitrogens with one attached hydrogen (secondary N) is 1. The van der Waals surface area contributed by atoms with Crippen molar-refractivity contribution in [1.82, 2.24) is 20.2 Å². The number of carbonyl (C=O) groups is 1. The highest BCUT2D eigenvalue weighted by Gasteiger charge is 2.48. The van der Waals surface area contributed by atoms with Crippen molar-refractivity contribution in [2.45, 2.75) is 57.7 Å². The lowest BCUT2D eigenvalue weighted by atomic mass is 9.79. The second kappa shape index (κ2) is 11.9. The number of amides is 1. The van der Waals surface area contributed by atoms with E-state index < -0.39 is 23.0 Å². The summed E-state index contributed by atoms with van der Waals surface area (Å²) in [6.07, 6.45) is 5.12. The lowest BCUT2D eigenvalue weighted by Crippen LogP contribution is -2.46. The first-order valence-electron chi connectivity index (χ1n) is 15.9. The first-order chi connectivity index (χ1) is 22.2. The third-order valence-corrected chi connectivity index (χ3v) is 10.0. The fourth-order valence-electron chi connectivity index (χ4n) is 7.72. The van der Waals surface area contributed by atoms with E-state index in [2.05, 4.69) is 20.2 Å². The van der Waals surface area contributed by atoms with Gasteiger partial charge in [-0.15, -0.1) is 0 Å². The molecular formula is C34H37F2N5O5. The second-order valence-corrected chi connectivity index (χ2v) is 12.8. The minimum absolute atomic E-state index is 0.00961. The summed E-state index contributed by atoms with van der Waals surface area (Å²) >= 11 is 0. The molecule has 6 heterocycles. The van der Waals surface area contributed by atoms with Crippen molar-refractivity contribution in [1.29, 1.82) is 0 Å². The molecule has 0 saturated carbocycles. The normalized spacial score (nSPS) is 24.5. The third kappa shape index (κ3) is 5.17. The number of rotatable bonds is 3. The van der Waals surface area contributed by atoms with Crippen LogP contribution in [0.2, 0.25) is 0 Å². The van der Waals surface area contributed by atoms with Gasteiger partial charge < -0.3 is 19.6 Å². The summed E-state index contributed by atoms with van der Waals surface area (Å²) in [5.41, 5.74) is -0.427. The number of nitrogens with zero attached hydrogens (tertiary/aromatic N) is 4. The molecule has 46 heavy (non-hydrogen) atoms. The molecule has 2 N–H and O–H groups in total. The molecule has 1 spiro atoms. The maximum Gasteiger partial charge on any atom is 0.349 e. The number of ether oxygens (including phenoxy) is 1. The molecule has 0 bridgehead atoms. The molecule has 8 rings (SSSR count). The first kappa shape index (κ1) is 30.5. The van der Waals surface area contributed by atoms with Crippen molar-refractivity contribution in [3.05, 3.63) is 52.1 Å². The summed E-state index contributed by atoms with van der Waals surface area (Å²) in [5, 5.41) is 14.3. The van der Waals surface area contributed by atoms with Crippen molar-refractivity contribution in [2.24, 2.45) is 5.41 Å². The maximum absolute atomic E-state index is 14.9. The van der Waals surface area contributed by atoms with Gasteiger partial charge in [0.25, 0.3) is 0 Å². The number of aromatic hydroxyl groups is 1. The molecule has 242 valence electrons. The number of benzene rings is 2. The van der Waals surface area contributed by atoms with E-state index >= 15 is 0 Å². The van der Waals surface area contributed by atoms with Crippen LogP contribution in [0.15, 0.2) is 39.5 Å². The van der Waals surface area contributed by atoms with Crippen LogP contribution in [0.4, 0.5) is 14.6 Å². The molecule has 4 aromatic rings. The molecule has 4 aliphatic heterocycles. The quantitative estimate of drug-likeness (QED) is 0.326. The molecule has 2 aromatic carbocycles. The fraction of sp³-hybridized carbons (Fsp3) is 0.471. The van der Waals surface area contributed by atoms with E-state index in [1.807, 2.05) is 0 Å². The van der Waals surface area contributed by atoms with E-state index in [9.17, 15) is 23.5 Å². The Balaban J connectivity index is 0.000000321. The van der Waals surface area contributed by atoms with Crippen molar-refractivity contribution in [3.63, 3.8) is 0 Å². The molecule has 1 amide bonds. The number of aromatic nitrogens is 2. The number of phenolic OH excluding ortho intramolecular Hbond substituents is 1. The van der Waals surface area contributed by atoms with Crippen molar-refractivity contribution >= 4 is 33.4 Å². The molecule has 12 heteroatoms. The van der Waals surface area contributed by atoms with Gasteiger partial charge in [-0.2, -0.15) is 9.97 Å². The minimum Gasteiger partial charge on any atom is -0.508 e. The van der Waals surface area contributed by atoms with Crippen LogP contribution in [-0.4, -0.2) is 77.9 Å². The molecule has 4 saturated heterocycles. The molecular weight excluding hydrogens is 596 g/mol. The predicted molar refractivity (Wildman–Crippen MR) is 170 cm³/mol. The Morgan fingerprint density at radius 3 is 2.74 bits per heavy atom. The Hall–Kier alpha value is -4.16. The van der Waals surface area contributed by atoms with Gasteiger partial charge in [0.15, 0.2) is 5.82 Å². The van der Waals surface area contributed by atoms with E-state index in [0.29, 0.717) is 43.0 Å². The summed E-state index contributed by atoms with van der Waals surface area (Å²) < 4.78 is 38.6. The standard InChI is InChI=1S/C27H25FN4O5.C7H12FN/c1-14-21-20(24(34)37-22(14)17-12-16(33)11-15-5-3-6-18(28)19(15)17)23(31-26(30-21)36-2)32-10-8-27(25(32)35)7-4-9-29-13-27;8-6-4-7-2-1-3-9(7)5-6/h3,5-6,11-12,29,33H,4,7-10,13H2,1-2H3;6-7H,1-5H2. The smallest absolute Gasteiger partial charge is 0.349 e. The number of anilines is 1. The highest BCUT2D eigenvalue weighted by atomic mass is 19.1. The van der Waals surface area contributed by atoms with Crippen LogP contribution in [0.25, 0.3) is 33.0 Å². The Labute approximate surface area is 264 Å². The number of phenols is 1. The molecule has 10 nitrogen and oxygen atoms in total. The number of alkyl halides is 1. The van der Waals surface area contributed by atoms with Crippen LogP contribution < -0.4 is 20.6 Å². The Bertz CT molecular complexity index is 1880. The zero-order chi connectivity index (χ0) is 32.2. The topological polar surface area (TPSA) is 121 Å². The fourth-order valence-corrected chi connectivity index (χ4v) is 7.72. The third-order valence-electron chi connectivity index (χ3n) is 10.0. The number of carbonyl (C=O) groups excluding carboxylic acids is 1. The van der Waals surface area contributed by atoms with Crippen molar-refractivity contribution < 1.29 is 27.8 Å². The van der Waals surface area contributed by atoms with Crippen molar-refractivity contribution in [2.75, 3.05) is 44.7 Å². The largest absolute Gasteiger partial charge is 0.508 e. The highest BCUT2D eigenvalue weighted by Crippen LogP contribution is 2.42. The molecule has 4 fully saturated rings. The Morgan fingerprint density at radius 2 is 1.98 bits per heavy atom. The van der Waals surface area contributed by atoms with E-state index in [1.165, 1.54) is 49.1 Å². The van der Waals surface area contributed by atoms with Crippen LogP contribution in [0.5, 0.6) is 11.8 Å². The molecule has 2 aromatic heterocycles. The molecule has 3 unspecified atom stereocenters. The molecule has 0 radical (unpaired) electrons. The van der Waals surface area contributed by atoms with Crippen LogP contribution in [0.1, 0.15) is 44.1 Å².